The summed E-state index contributed by atoms with van der Waals surface area (Å²) >= 11 is 9.86. The molecule has 3 N–H and O–H groups in total. The summed E-state index contributed by atoms with van der Waals surface area (Å²) in [6.45, 7) is 0. The summed E-state index contributed by atoms with van der Waals surface area (Å²) in [5.41, 5.74) is 5.38. The smallest absolute Gasteiger partial charge is 0.0596 e. The Kier molecular flexibility index (Phi) is 4.13. The first-order chi connectivity index (χ1) is 9.72. The van der Waals surface area contributed by atoms with Gasteiger partial charge in [-0.1, -0.05) is 54.1 Å². The molecule has 0 spiro atoms. The molecule has 104 valence electrons. The summed E-state index contributed by atoms with van der Waals surface area (Å²) in [7, 11) is 0. The molecule has 20 heavy (non-hydrogen) atoms. The van der Waals surface area contributed by atoms with Crippen molar-refractivity contribution in [2.75, 3.05) is 0 Å². The highest BCUT2D eigenvalue weighted by molar-refractivity contribution is 9.10. The van der Waals surface area contributed by atoms with E-state index in [1.165, 1.54) is 5.56 Å². The number of hydrazine groups is 1. The van der Waals surface area contributed by atoms with Crippen LogP contribution in [0.3, 0.4) is 0 Å². The Morgan fingerprint density at radius 3 is 2.60 bits per heavy atom. The van der Waals surface area contributed by atoms with Crippen LogP contribution in [0.1, 0.15) is 29.5 Å². The third kappa shape index (κ3) is 2.63. The molecule has 2 nitrogen and oxygen atoms in total. The van der Waals surface area contributed by atoms with E-state index < -0.39 is 0 Å². The van der Waals surface area contributed by atoms with Crippen molar-refractivity contribution in [3.63, 3.8) is 0 Å². The lowest BCUT2D eigenvalue weighted by Crippen LogP contribution is -2.30. The van der Waals surface area contributed by atoms with E-state index in [0.717, 1.165) is 21.5 Å². The fourth-order valence-corrected chi connectivity index (χ4v) is 3.50. The molecule has 0 aliphatic heterocycles. The third-order valence-corrected chi connectivity index (χ3v) is 5.30. The van der Waals surface area contributed by atoms with Crippen LogP contribution in [-0.2, 0) is 0 Å². The van der Waals surface area contributed by atoms with E-state index >= 15 is 0 Å². The van der Waals surface area contributed by atoms with E-state index in [-0.39, 0.29) is 6.04 Å². The van der Waals surface area contributed by atoms with Crippen molar-refractivity contribution in [2.45, 2.75) is 18.4 Å². The minimum absolute atomic E-state index is 0.0882. The molecule has 3 rings (SSSR count). The SMILES string of the molecule is NNC(c1cccc(Br)c1Cl)C1CC1c1ccccc1. The maximum Gasteiger partial charge on any atom is 0.0596 e. The van der Waals surface area contributed by atoms with E-state index in [4.69, 9.17) is 17.4 Å². The second kappa shape index (κ2) is 5.86. The summed E-state index contributed by atoms with van der Waals surface area (Å²) in [5, 5.41) is 0.745. The molecule has 4 heteroatoms. The van der Waals surface area contributed by atoms with Crippen molar-refractivity contribution in [1.82, 2.24) is 5.43 Å². The van der Waals surface area contributed by atoms with Gasteiger partial charge in [-0.25, -0.2) is 0 Å². The molecule has 0 radical (unpaired) electrons. The summed E-state index contributed by atoms with van der Waals surface area (Å²) < 4.78 is 0.911. The average molecular weight is 352 g/mol. The van der Waals surface area contributed by atoms with Crippen molar-refractivity contribution in [3.05, 3.63) is 69.2 Å². The number of rotatable bonds is 4. The van der Waals surface area contributed by atoms with Gasteiger partial charge in [0.15, 0.2) is 0 Å². The van der Waals surface area contributed by atoms with E-state index in [1.807, 2.05) is 24.3 Å². The Bertz CT molecular complexity index is 603. The summed E-state index contributed by atoms with van der Waals surface area (Å²) in [6.07, 6.45) is 1.14. The molecule has 1 aliphatic carbocycles. The topological polar surface area (TPSA) is 38.0 Å². The quantitative estimate of drug-likeness (QED) is 0.632. The number of benzene rings is 2. The van der Waals surface area contributed by atoms with Crippen molar-refractivity contribution >= 4 is 27.5 Å². The van der Waals surface area contributed by atoms with E-state index in [9.17, 15) is 0 Å². The maximum absolute atomic E-state index is 6.39. The Balaban J connectivity index is 1.84. The third-order valence-electron chi connectivity index (χ3n) is 3.99. The molecule has 2 aromatic carbocycles. The highest BCUT2D eigenvalue weighted by Gasteiger charge is 2.44. The van der Waals surface area contributed by atoms with Crippen LogP contribution in [0.15, 0.2) is 53.0 Å². The fourth-order valence-electron chi connectivity index (χ4n) is 2.87. The highest BCUT2D eigenvalue weighted by atomic mass is 79.9. The van der Waals surface area contributed by atoms with Crippen LogP contribution in [0.4, 0.5) is 0 Å². The van der Waals surface area contributed by atoms with Crippen molar-refractivity contribution in [3.8, 4) is 0 Å². The van der Waals surface area contributed by atoms with Gasteiger partial charge in [-0.3, -0.25) is 11.3 Å². The van der Waals surface area contributed by atoms with Crippen molar-refractivity contribution in [1.29, 1.82) is 0 Å². The Morgan fingerprint density at radius 1 is 1.15 bits per heavy atom. The zero-order chi connectivity index (χ0) is 14.1. The van der Waals surface area contributed by atoms with Crippen molar-refractivity contribution < 1.29 is 0 Å². The average Bonchev–Trinajstić information content (AvgIpc) is 3.26. The Morgan fingerprint density at radius 2 is 1.90 bits per heavy atom. The van der Waals surface area contributed by atoms with Gasteiger partial charge >= 0.3 is 0 Å². The Labute approximate surface area is 132 Å². The van der Waals surface area contributed by atoms with Gasteiger partial charge in [0, 0.05) is 4.47 Å². The zero-order valence-corrected chi connectivity index (χ0v) is 13.2. The molecular formula is C16H16BrClN2. The minimum Gasteiger partial charge on any atom is -0.271 e. The van der Waals surface area contributed by atoms with Crippen LogP contribution in [0.5, 0.6) is 0 Å². The Hall–Kier alpha value is -0.870. The van der Waals surface area contributed by atoms with Gasteiger partial charge in [0.25, 0.3) is 0 Å². The summed E-state index contributed by atoms with van der Waals surface area (Å²) in [5.74, 6) is 6.84. The van der Waals surface area contributed by atoms with Crippen LogP contribution in [-0.4, -0.2) is 0 Å². The zero-order valence-electron chi connectivity index (χ0n) is 10.9. The van der Waals surface area contributed by atoms with Gasteiger partial charge in [-0.15, -0.1) is 0 Å². The first-order valence-electron chi connectivity index (χ1n) is 6.67. The van der Waals surface area contributed by atoms with Gasteiger partial charge in [0.1, 0.15) is 0 Å². The predicted octanol–water partition coefficient (Wildman–Crippen LogP) is 4.41. The van der Waals surface area contributed by atoms with Gasteiger partial charge in [0.2, 0.25) is 0 Å². The predicted molar refractivity (Wildman–Crippen MR) is 86.5 cm³/mol. The minimum atomic E-state index is 0.0882. The fraction of sp³-hybridized carbons (Fsp3) is 0.250. The number of nitrogens with one attached hydrogen (secondary N) is 1. The van der Waals surface area contributed by atoms with Crippen LogP contribution < -0.4 is 11.3 Å². The number of hydrogen-bond acceptors (Lipinski definition) is 2. The molecule has 0 saturated heterocycles. The van der Waals surface area contributed by atoms with Gasteiger partial charge < -0.3 is 0 Å². The summed E-state index contributed by atoms with van der Waals surface area (Å²) in [6, 6.07) is 16.6. The number of hydrogen-bond donors (Lipinski definition) is 2. The van der Waals surface area contributed by atoms with Gasteiger partial charge in [-0.05, 0) is 51.4 Å². The van der Waals surface area contributed by atoms with E-state index in [2.05, 4.69) is 45.6 Å². The molecular weight excluding hydrogens is 336 g/mol. The molecule has 0 amide bonds. The summed E-state index contributed by atoms with van der Waals surface area (Å²) in [4.78, 5) is 0. The first-order valence-corrected chi connectivity index (χ1v) is 7.84. The van der Waals surface area contributed by atoms with Crippen LogP contribution >= 0.6 is 27.5 Å². The maximum atomic E-state index is 6.39. The second-order valence-electron chi connectivity index (χ2n) is 5.20. The second-order valence-corrected chi connectivity index (χ2v) is 6.44. The monoisotopic (exact) mass is 350 g/mol. The van der Waals surface area contributed by atoms with Gasteiger partial charge in [-0.2, -0.15) is 0 Å². The standard InChI is InChI=1S/C16H16BrClN2/c17-14-8-4-7-11(15(14)18)16(20-19)13-9-12(13)10-5-2-1-3-6-10/h1-8,12-13,16,20H,9,19H2. The van der Waals surface area contributed by atoms with E-state index in [1.54, 1.807) is 0 Å². The van der Waals surface area contributed by atoms with E-state index in [0.29, 0.717) is 11.8 Å². The highest BCUT2D eigenvalue weighted by Crippen LogP contribution is 2.54. The lowest BCUT2D eigenvalue weighted by molar-refractivity contribution is 0.487. The van der Waals surface area contributed by atoms with Gasteiger partial charge in [0.05, 0.1) is 11.1 Å². The number of nitrogens with two attached hydrogens (primary N) is 1. The number of halogens is 2. The molecule has 2 aromatic rings. The molecule has 0 aromatic heterocycles. The molecule has 3 unspecified atom stereocenters. The molecule has 3 atom stereocenters. The lowest BCUT2D eigenvalue weighted by Gasteiger charge is -2.18. The van der Waals surface area contributed by atoms with Crippen molar-refractivity contribution in [2.24, 2.45) is 11.8 Å². The largest absolute Gasteiger partial charge is 0.271 e. The van der Waals surface area contributed by atoms with Crippen LogP contribution in [0.2, 0.25) is 5.02 Å². The molecule has 1 saturated carbocycles. The van der Waals surface area contributed by atoms with Crippen LogP contribution in [0, 0.1) is 5.92 Å². The first kappa shape index (κ1) is 14.1. The molecule has 0 bridgehead atoms. The molecule has 0 heterocycles. The molecule has 1 fully saturated rings. The normalized spacial score (nSPS) is 22.6. The van der Waals surface area contributed by atoms with Crippen LogP contribution in [0.25, 0.3) is 0 Å². The molecule has 1 aliphatic rings. The lowest BCUT2D eigenvalue weighted by atomic mass is 9.99.